The second-order valence-electron chi connectivity index (χ2n) is 8.29. The number of carbonyl (C=O) groups is 3. The highest BCUT2D eigenvalue weighted by Gasteiger charge is 2.48. The van der Waals surface area contributed by atoms with Crippen molar-refractivity contribution in [3.63, 3.8) is 0 Å². The van der Waals surface area contributed by atoms with Gasteiger partial charge in [0.15, 0.2) is 5.78 Å². The minimum atomic E-state index is -0.665. The normalized spacial score (nSPS) is 21.7. The Bertz CT molecular complexity index is 923. The number of fused-ring (bicyclic) bond motifs is 1. The van der Waals surface area contributed by atoms with Crippen molar-refractivity contribution in [1.82, 2.24) is 10.2 Å². The zero-order chi connectivity index (χ0) is 21.3. The molecule has 1 N–H and O–H groups in total. The third-order valence-corrected chi connectivity index (χ3v) is 6.58. The van der Waals surface area contributed by atoms with Crippen molar-refractivity contribution >= 4 is 28.9 Å². The number of amides is 2. The van der Waals surface area contributed by atoms with Gasteiger partial charge in [-0.1, -0.05) is 32.0 Å². The number of Topliss-reactive ketones (excluding diaryl/α,β-unsaturated/α-hetero) is 1. The van der Waals surface area contributed by atoms with Crippen LogP contribution in [0.2, 0.25) is 0 Å². The van der Waals surface area contributed by atoms with Gasteiger partial charge in [0, 0.05) is 17.0 Å². The summed E-state index contributed by atoms with van der Waals surface area (Å²) in [6.07, 6.45) is 0.969. The second kappa shape index (κ2) is 8.70. The zero-order valence-corrected chi connectivity index (χ0v) is 18.0. The highest BCUT2D eigenvalue weighted by molar-refractivity contribution is 7.13. The number of ether oxygens (including phenoxy) is 1. The molecule has 1 aromatic carbocycles. The van der Waals surface area contributed by atoms with Crippen LogP contribution in [0.25, 0.3) is 10.4 Å². The first-order valence-corrected chi connectivity index (χ1v) is 11.2. The van der Waals surface area contributed by atoms with Crippen molar-refractivity contribution in [3.8, 4) is 10.4 Å². The molecule has 0 saturated carbocycles. The van der Waals surface area contributed by atoms with Gasteiger partial charge in [-0.25, -0.2) is 0 Å². The minimum Gasteiger partial charge on any atom is -0.368 e. The van der Waals surface area contributed by atoms with Gasteiger partial charge in [-0.05, 0) is 47.9 Å². The van der Waals surface area contributed by atoms with Crippen LogP contribution in [-0.4, -0.2) is 53.8 Å². The third-order valence-electron chi connectivity index (χ3n) is 5.66. The van der Waals surface area contributed by atoms with Crippen LogP contribution in [0.1, 0.15) is 37.0 Å². The summed E-state index contributed by atoms with van der Waals surface area (Å²) < 4.78 is 5.49. The van der Waals surface area contributed by atoms with Crippen LogP contribution < -0.4 is 5.32 Å². The summed E-state index contributed by atoms with van der Waals surface area (Å²) in [5, 5.41) is 4.93. The number of nitrogens with zero attached hydrogens (tertiary/aromatic N) is 1. The van der Waals surface area contributed by atoms with E-state index in [9.17, 15) is 14.4 Å². The first kappa shape index (κ1) is 20.8. The van der Waals surface area contributed by atoms with Crippen LogP contribution in [0.15, 0.2) is 41.8 Å². The largest absolute Gasteiger partial charge is 0.368 e. The summed E-state index contributed by atoms with van der Waals surface area (Å²) in [6.45, 7) is 4.58. The van der Waals surface area contributed by atoms with Crippen LogP contribution >= 0.6 is 11.3 Å². The Labute approximate surface area is 180 Å². The minimum absolute atomic E-state index is 0.0513. The van der Waals surface area contributed by atoms with E-state index in [0.29, 0.717) is 24.9 Å². The molecule has 2 amide bonds. The molecule has 0 radical (unpaired) electrons. The van der Waals surface area contributed by atoms with Gasteiger partial charge in [-0.2, -0.15) is 0 Å². The van der Waals surface area contributed by atoms with Gasteiger partial charge in [-0.3, -0.25) is 14.4 Å². The summed E-state index contributed by atoms with van der Waals surface area (Å²) in [5.74, 6) is -0.311. The Kier molecular flexibility index (Phi) is 6.01. The molecule has 0 spiro atoms. The second-order valence-corrected chi connectivity index (χ2v) is 9.24. The molecule has 2 saturated heterocycles. The molecule has 2 aliphatic rings. The highest BCUT2D eigenvalue weighted by atomic mass is 32.1. The molecule has 30 heavy (non-hydrogen) atoms. The number of carbonyl (C=O) groups excluding carboxylic acids is 3. The van der Waals surface area contributed by atoms with Crippen molar-refractivity contribution in [3.05, 3.63) is 47.3 Å². The van der Waals surface area contributed by atoms with Crippen LogP contribution in [0.5, 0.6) is 0 Å². The van der Waals surface area contributed by atoms with Gasteiger partial charge in [0.25, 0.3) is 5.91 Å². The number of likely N-dealkylation sites (tertiary alicyclic amines) is 1. The van der Waals surface area contributed by atoms with Crippen molar-refractivity contribution in [2.24, 2.45) is 5.92 Å². The summed E-state index contributed by atoms with van der Waals surface area (Å²) in [6, 6.07) is 10.2. The van der Waals surface area contributed by atoms with Gasteiger partial charge in [0.05, 0.1) is 6.10 Å². The predicted octanol–water partition coefficient (Wildman–Crippen LogP) is 3.13. The van der Waals surface area contributed by atoms with Gasteiger partial charge in [-0.15, -0.1) is 11.3 Å². The van der Waals surface area contributed by atoms with Crippen molar-refractivity contribution in [1.29, 1.82) is 0 Å². The lowest BCUT2D eigenvalue weighted by atomic mass is 10.0. The Morgan fingerprint density at radius 1 is 1.23 bits per heavy atom. The smallest absolute Gasteiger partial charge is 0.251 e. The van der Waals surface area contributed by atoms with Crippen LogP contribution in [0.3, 0.4) is 0 Å². The lowest BCUT2D eigenvalue weighted by Crippen LogP contribution is -2.52. The average molecular weight is 427 g/mol. The van der Waals surface area contributed by atoms with Gasteiger partial charge in [0.2, 0.25) is 5.91 Å². The number of rotatable bonds is 6. The van der Waals surface area contributed by atoms with Crippen LogP contribution in [0, 0.1) is 5.92 Å². The van der Waals surface area contributed by atoms with E-state index < -0.39 is 12.1 Å². The Morgan fingerprint density at radius 2 is 2.00 bits per heavy atom. The zero-order valence-electron chi connectivity index (χ0n) is 17.2. The van der Waals surface area contributed by atoms with E-state index >= 15 is 0 Å². The number of hydrogen-bond acceptors (Lipinski definition) is 5. The molecule has 158 valence electrons. The predicted molar refractivity (Wildman–Crippen MR) is 115 cm³/mol. The van der Waals surface area contributed by atoms with E-state index in [-0.39, 0.29) is 36.2 Å². The molecule has 0 unspecified atom stereocenters. The average Bonchev–Trinajstić information content (AvgIpc) is 3.46. The highest BCUT2D eigenvalue weighted by Crippen LogP contribution is 2.28. The maximum atomic E-state index is 13.3. The van der Waals surface area contributed by atoms with E-state index in [1.807, 2.05) is 43.5 Å². The molecule has 4 rings (SSSR count). The molecule has 7 heteroatoms. The van der Waals surface area contributed by atoms with Crippen molar-refractivity contribution < 1.29 is 19.1 Å². The summed E-state index contributed by atoms with van der Waals surface area (Å²) >= 11 is 1.64. The summed E-state index contributed by atoms with van der Waals surface area (Å²) in [5.41, 5.74) is 1.57. The molecule has 3 atom stereocenters. The molecular formula is C23H26N2O4S. The molecule has 1 aromatic heterocycles. The Balaban J connectivity index is 1.48. The monoisotopic (exact) mass is 426 g/mol. The first-order valence-electron chi connectivity index (χ1n) is 10.3. The Morgan fingerprint density at radius 3 is 2.67 bits per heavy atom. The molecule has 6 nitrogen and oxygen atoms in total. The number of thiophene rings is 1. The first-order chi connectivity index (χ1) is 14.4. The van der Waals surface area contributed by atoms with E-state index in [1.165, 1.54) is 0 Å². The fourth-order valence-electron chi connectivity index (χ4n) is 4.20. The molecule has 0 aliphatic carbocycles. The molecule has 3 heterocycles. The lowest BCUT2D eigenvalue weighted by molar-refractivity contribution is -0.138. The third kappa shape index (κ3) is 4.18. The number of hydrogen-bond donors (Lipinski definition) is 1. The molecule has 2 fully saturated rings. The molecule has 0 bridgehead atoms. The molecule has 2 aromatic rings. The maximum absolute atomic E-state index is 13.3. The van der Waals surface area contributed by atoms with E-state index in [1.54, 1.807) is 28.4 Å². The standard InChI is InChI=1S/C23H26N2O4S/c1-14(2)12-17(23(28)25-10-9-19-21(25)18(26)13-29-19)24-22(27)16-7-5-15(6-8-16)20-4-3-11-30-20/h3-8,11,14,17,19,21H,9-10,12-13H2,1-2H3,(H,24,27)/t17-,19+,21+/m0/s1. The van der Waals surface area contributed by atoms with Crippen molar-refractivity contribution in [2.45, 2.75) is 44.9 Å². The topological polar surface area (TPSA) is 75.7 Å². The fourth-order valence-corrected chi connectivity index (χ4v) is 4.94. The number of nitrogens with one attached hydrogen (secondary N) is 1. The molecular weight excluding hydrogens is 400 g/mol. The van der Waals surface area contributed by atoms with Gasteiger partial charge >= 0.3 is 0 Å². The molecule has 2 aliphatic heterocycles. The maximum Gasteiger partial charge on any atom is 0.251 e. The summed E-state index contributed by atoms with van der Waals surface area (Å²) in [4.78, 5) is 41.1. The van der Waals surface area contributed by atoms with Gasteiger partial charge in [0.1, 0.15) is 18.7 Å². The summed E-state index contributed by atoms with van der Waals surface area (Å²) in [7, 11) is 0. The van der Waals surface area contributed by atoms with E-state index in [2.05, 4.69) is 5.32 Å². The van der Waals surface area contributed by atoms with Gasteiger partial charge < -0.3 is 15.0 Å². The van der Waals surface area contributed by atoms with E-state index in [4.69, 9.17) is 4.74 Å². The number of benzene rings is 1. The quantitative estimate of drug-likeness (QED) is 0.770. The number of ketones is 1. The van der Waals surface area contributed by atoms with Crippen LogP contribution in [-0.2, 0) is 14.3 Å². The Hall–Kier alpha value is -2.51. The van der Waals surface area contributed by atoms with E-state index in [0.717, 1.165) is 10.4 Å². The van der Waals surface area contributed by atoms with Crippen molar-refractivity contribution in [2.75, 3.05) is 13.2 Å². The SMILES string of the molecule is CC(C)C[C@H](NC(=O)c1ccc(-c2cccs2)cc1)C(=O)N1CC[C@H]2OCC(=O)[C@H]21. The fraction of sp³-hybridized carbons (Fsp3) is 0.435. The van der Waals surface area contributed by atoms with Crippen LogP contribution in [0.4, 0.5) is 0 Å². The lowest BCUT2D eigenvalue weighted by Gasteiger charge is -2.28.